The second-order valence-corrected chi connectivity index (χ2v) is 6.55. The lowest BCUT2D eigenvalue weighted by atomic mass is 10.0. The van der Waals surface area contributed by atoms with Crippen molar-refractivity contribution < 1.29 is 4.79 Å². The Labute approximate surface area is 151 Å². The number of rotatable bonds is 8. The lowest BCUT2D eigenvalue weighted by Gasteiger charge is -2.11. The van der Waals surface area contributed by atoms with E-state index in [2.05, 4.69) is 60.9 Å². The van der Waals surface area contributed by atoms with Crippen LogP contribution in [0.25, 0.3) is 0 Å². The first-order valence-corrected chi connectivity index (χ1v) is 9.34. The highest BCUT2D eigenvalue weighted by atomic mass is 16.2. The number of urea groups is 1. The van der Waals surface area contributed by atoms with Gasteiger partial charge in [-0.15, -0.1) is 0 Å². The number of hydrogen-bond acceptors (Lipinski definition) is 1. The fourth-order valence-electron chi connectivity index (χ4n) is 2.83. The largest absolute Gasteiger partial charge is 0.338 e. The number of aryl methyl sites for hydroxylation is 3. The van der Waals surface area contributed by atoms with Gasteiger partial charge >= 0.3 is 6.03 Å². The van der Waals surface area contributed by atoms with Crippen molar-refractivity contribution in [1.82, 2.24) is 5.32 Å². The third-order valence-corrected chi connectivity index (χ3v) is 4.49. The summed E-state index contributed by atoms with van der Waals surface area (Å²) in [6.45, 7) is 7.02. The number of benzene rings is 2. The van der Waals surface area contributed by atoms with Crippen LogP contribution in [-0.2, 0) is 19.3 Å². The van der Waals surface area contributed by atoms with Crippen molar-refractivity contribution >= 4 is 11.7 Å². The van der Waals surface area contributed by atoms with Crippen LogP contribution >= 0.6 is 0 Å². The number of amides is 2. The first kappa shape index (κ1) is 19.0. The van der Waals surface area contributed by atoms with E-state index in [4.69, 9.17) is 0 Å². The Kier molecular flexibility index (Phi) is 7.52. The summed E-state index contributed by atoms with van der Waals surface area (Å²) >= 11 is 0. The van der Waals surface area contributed by atoms with Crippen LogP contribution in [0.3, 0.4) is 0 Å². The molecule has 0 atom stereocenters. The zero-order chi connectivity index (χ0) is 18.1. The average Bonchev–Trinajstić information content (AvgIpc) is 2.62. The number of carbonyl (C=O) groups is 1. The molecule has 2 rings (SSSR count). The standard InChI is InChI=1S/C22H30N2O/c1-4-6-7-20-12-13-21(17(3)16-20)24-22(25)23-15-14-19-10-8-18(5-2)9-11-19/h8-13,16H,4-7,14-15H2,1-3H3,(H2,23,24,25). The van der Waals surface area contributed by atoms with E-state index >= 15 is 0 Å². The van der Waals surface area contributed by atoms with Crippen LogP contribution in [0, 0.1) is 6.92 Å². The maximum atomic E-state index is 12.1. The third-order valence-electron chi connectivity index (χ3n) is 4.49. The Morgan fingerprint density at radius 1 is 0.920 bits per heavy atom. The normalized spacial score (nSPS) is 10.5. The molecule has 3 heteroatoms. The Bertz CT molecular complexity index is 677. The van der Waals surface area contributed by atoms with E-state index in [9.17, 15) is 4.79 Å². The number of hydrogen-bond donors (Lipinski definition) is 2. The zero-order valence-corrected chi connectivity index (χ0v) is 15.7. The number of anilines is 1. The lowest BCUT2D eigenvalue weighted by molar-refractivity contribution is 0.252. The van der Waals surface area contributed by atoms with Crippen molar-refractivity contribution in [3.05, 3.63) is 64.7 Å². The fourth-order valence-corrected chi connectivity index (χ4v) is 2.83. The molecule has 0 aliphatic heterocycles. The topological polar surface area (TPSA) is 41.1 Å². The van der Waals surface area contributed by atoms with Gasteiger partial charge in [-0.25, -0.2) is 4.79 Å². The van der Waals surface area contributed by atoms with Crippen LogP contribution in [0.4, 0.5) is 10.5 Å². The lowest BCUT2D eigenvalue weighted by Crippen LogP contribution is -2.30. The summed E-state index contributed by atoms with van der Waals surface area (Å²) in [4.78, 5) is 12.1. The number of nitrogens with one attached hydrogen (secondary N) is 2. The first-order valence-electron chi connectivity index (χ1n) is 9.34. The van der Waals surface area contributed by atoms with Crippen molar-refractivity contribution in [3.8, 4) is 0 Å². The molecule has 0 aromatic heterocycles. The highest BCUT2D eigenvalue weighted by molar-refractivity contribution is 5.90. The highest BCUT2D eigenvalue weighted by Gasteiger charge is 2.05. The van der Waals surface area contributed by atoms with E-state index in [0.717, 1.165) is 30.5 Å². The second kappa shape index (κ2) is 9.87. The van der Waals surface area contributed by atoms with Crippen molar-refractivity contribution in [3.63, 3.8) is 0 Å². The van der Waals surface area contributed by atoms with Crippen molar-refractivity contribution in [2.45, 2.75) is 52.9 Å². The fraction of sp³-hybridized carbons (Fsp3) is 0.409. The van der Waals surface area contributed by atoms with Crippen molar-refractivity contribution in [2.75, 3.05) is 11.9 Å². The molecule has 2 aromatic rings. The summed E-state index contributed by atoms with van der Waals surface area (Å²) in [5.74, 6) is 0. The zero-order valence-electron chi connectivity index (χ0n) is 15.7. The minimum atomic E-state index is -0.144. The minimum absolute atomic E-state index is 0.144. The van der Waals surface area contributed by atoms with Crippen molar-refractivity contribution in [1.29, 1.82) is 0 Å². The van der Waals surface area contributed by atoms with Crippen molar-refractivity contribution in [2.24, 2.45) is 0 Å². The highest BCUT2D eigenvalue weighted by Crippen LogP contribution is 2.17. The van der Waals surface area contributed by atoms with Gasteiger partial charge in [0, 0.05) is 12.2 Å². The molecule has 134 valence electrons. The van der Waals surface area contributed by atoms with Gasteiger partial charge in [-0.05, 0) is 60.9 Å². The molecular formula is C22H30N2O. The summed E-state index contributed by atoms with van der Waals surface area (Å²) < 4.78 is 0. The Hall–Kier alpha value is -2.29. The van der Waals surface area contributed by atoms with Gasteiger partial charge in [-0.2, -0.15) is 0 Å². The molecule has 0 saturated carbocycles. The van der Waals surface area contributed by atoms with Gasteiger partial charge < -0.3 is 10.6 Å². The molecular weight excluding hydrogens is 308 g/mol. The molecule has 25 heavy (non-hydrogen) atoms. The van der Waals surface area contributed by atoms with Crippen LogP contribution in [0.5, 0.6) is 0 Å². The molecule has 0 aliphatic carbocycles. The smallest absolute Gasteiger partial charge is 0.319 e. The Morgan fingerprint density at radius 2 is 1.60 bits per heavy atom. The van der Waals surface area contributed by atoms with Crippen LogP contribution in [0.2, 0.25) is 0 Å². The van der Waals surface area contributed by atoms with Gasteiger partial charge in [0.2, 0.25) is 0 Å². The van der Waals surface area contributed by atoms with E-state index in [1.165, 1.54) is 29.5 Å². The summed E-state index contributed by atoms with van der Waals surface area (Å²) in [5.41, 5.74) is 5.91. The molecule has 0 spiro atoms. The Morgan fingerprint density at radius 3 is 2.24 bits per heavy atom. The predicted molar refractivity (Wildman–Crippen MR) is 106 cm³/mol. The van der Waals surface area contributed by atoms with Gasteiger partial charge in [0.25, 0.3) is 0 Å². The predicted octanol–water partition coefficient (Wildman–Crippen LogP) is 5.26. The molecule has 2 aromatic carbocycles. The number of carbonyl (C=O) groups excluding carboxylic acids is 1. The monoisotopic (exact) mass is 338 g/mol. The van der Waals surface area contributed by atoms with E-state index in [1.54, 1.807) is 0 Å². The number of unbranched alkanes of at least 4 members (excludes halogenated alkanes) is 1. The van der Waals surface area contributed by atoms with E-state index < -0.39 is 0 Å². The molecule has 0 radical (unpaired) electrons. The molecule has 0 heterocycles. The second-order valence-electron chi connectivity index (χ2n) is 6.55. The summed E-state index contributed by atoms with van der Waals surface area (Å²) in [6, 6.07) is 14.7. The van der Waals surface area contributed by atoms with Crippen LogP contribution in [0.1, 0.15) is 48.9 Å². The van der Waals surface area contributed by atoms with Gasteiger partial charge in [0.05, 0.1) is 0 Å². The summed E-state index contributed by atoms with van der Waals surface area (Å²) in [7, 11) is 0. The van der Waals surface area contributed by atoms with Crippen LogP contribution in [0.15, 0.2) is 42.5 Å². The SMILES string of the molecule is CCCCc1ccc(NC(=O)NCCc2ccc(CC)cc2)c(C)c1. The maximum absolute atomic E-state index is 12.1. The first-order chi connectivity index (χ1) is 12.1. The molecule has 0 aliphatic rings. The molecule has 2 N–H and O–H groups in total. The van der Waals surface area contributed by atoms with E-state index in [0.29, 0.717) is 6.54 Å². The van der Waals surface area contributed by atoms with Crippen LogP contribution in [-0.4, -0.2) is 12.6 Å². The van der Waals surface area contributed by atoms with Crippen LogP contribution < -0.4 is 10.6 Å². The molecule has 0 bridgehead atoms. The Balaban J connectivity index is 1.79. The summed E-state index contributed by atoms with van der Waals surface area (Å²) in [6.07, 6.45) is 5.39. The van der Waals surface area contributed by atoms with E-state index in [1.807, 2.05) is 13.0 Å². The quantitative estimate of drug-likeness (QED) is 0.677. The van der Waals surface area contributed by atoms with Gasteiger partial charge in [0.15, 0.2) is 0 Å². The molecule has 0 saturated heterocycles. The summed E-state index contributed by atoms with van der Waals surface area (Å²) in [5, 5.41) is 5.88. The molecule has 0 fully saturated rings. The average molecular weight is 338 g/mol. The molecule has 0 unspecified atom stereocenters. The van der Waals surface area contributed by atoms with Gasteiger partial charge in [-0.1, -0.05) is 56.7 Å². The third kappa shape index (κ3) is 6.26. The molecule has 2 amide bonds. The minimum Gasteiger partial charge on any atom is -0.338 e. The van der Waals surface area contributed by atoms with E-state index in [-0.39, 0.29) is 6.03 Å². The van der Waals surface area contributed by atoms with Gasteiger partial charge in [0.1, 0.15) is 0 Å². The van der Waals surface area contributed by atoms with Gasteiger partial charge in [-0.3, -0.25) is 0 Å². The molecule has 3 nitrogen and oxygen atoms in total. The maximum Gasteiger partial charge on any atom is 0.319 e.